The number of hydrogen-bond donors (Lipinski definition) is 1. The lowest BCUT2D eigenvalue weighted by molar-refractivity contribution is 0.0916. The van der Waals surface area contributed by atoms with Crippen molar-refractivity contribution in [1.29, 1.82) is 0 Å². The average Bonchev–Trinajstić information content (AvgIpc) is 2.50. The third-order valence-electron chi connectivity index (χ3n) is 1.97. The number of alkyl halides is 1. The minimum Gasteiger partial charge on any atom is -0.346 e. The van der Waals surface area contributed by atoms with E-state index in [0.29, 0.717) is 10.8 Å². The molecule has 1 heterocycles. The molecule has 0 atom stereocenters. The largest absolute Gasteiger partial charge is 0.346 e. The van der Waals surface area contributed by atoms with Crippen LogP contribution in [0.1, 0.15) is 29.9 Å². The lowest BCUT2D eigenvalue weighted by Crippen LogP contribution is -2.43. The summed E-state index contributed by atoms with van der Waals surface area (Å²) in [5, 5.41) is 2.95. The number of rotatable bonds is 4. The minimum absolute atomic E-state index is 0.0409. The highest BCUT2D eigenvalue weighted by Gasteiger charge is 2.21. The van der Waals surface area contributed by atoms with E-state index < -0.39 is 0 Å². The van der Waals surface area contributed by atoms with E-state index in [1.165, 1.54) is 11.3 Å². The molecule has 0 radical (unpaired) electrons. The molecule has 0 saturated carbocycles. The van der Waals surface area contributed by atoms with Gasteiger partial charge >= 0.3 is 0 Å². The molecule has 0 aliphatic rings. The van der Waals surface area contributed by atoms with E-state index in [9.17, 15) is 4.79 Å². The lowest BCUT2D eigenvalue weighted by Gasteiger charge is -2.24. The number of amides is 1. The summed E-state index contributed by atoms with van der Waals surface area (Å²) in [6.45, 7) is 3.94. The van der Waals surface area contributed by atoms with Crippen molar-refractivity contribution in [3.63, 3.8) is 0 Å². The van der Waals surface area contributed by atoms with Crippen LogP contribution in [0.4, 0.5) is 0 Å². The summed E-state index contributed by atoms with van der Waals surface area (Å²) in [4.78, 5) is 12.5. The first-order valence-corrected chi connectivity index (χ1v) is 6.73. The molecule has 0 fully saturated rings. The lowest BCUT2D eigenvalue weighted by atomic mass is 10.0. The van der Waals surface area contributed by atoms with Crippen LogP contribution in [0, 0.1) is 0 Å². The summed E-state index contributed by atoms with van der Waals surface area (Å²) in [7, 11) is 0. The van der Waals surface area contributed by atoms with E-state index in [1.807, 2.05) is 19.9 Å². The molecule has 0 aliphatic heterocycles. The molecular weight excluding hydrogens is 298 g/mol. The summed E-state index contributed by atoms with van der Waals surface area (Å²) in [6.07, 6.45) is 0.757. The molecule has 1 aromatic heterocycles. The Labute approximate surface area is 107 Å². The van der Waals surface area contributed by atoms with E-state index in [2.05, 4.69) is 21.2 Å². The first-order chi connectivity index (χ1) is 6.94. The fraction of sp³-hybridized carbons (Fsp3) is 0.500. The number of hydrogen-bond acceptors (Lipinski definition) is 2. The average molecular weight is 311 g/mol. The molecule has 1 aromatic rings. The Bertz CT molecular complexity index is 351. The minimum atomic E-state index is -0.255. The van der Waals surface area contributed by atoms with Crippen LogP contribution in [0.25, 0.3) is 0 Å². The topological polar surface area (TPSA) is 29.1 Å². The third-order valence-corrected chi connectivity index (χ3v) is 3.78. The standard InChI is InChI=1S/C10H13BrClNOS/c1-10(2,5-6-12)13-9(14)7-3-4-8(11)15-7/h3-4H,5-6H2,1-2H3,(H,13,14). The van der Waals surface area contributed by atoms with Crippen LogP contribution >= 0.6 is 38.9 Å². The van der Waals surface area contributed by atoms with Crippen LogP contribution < -0.4 is 5.32 Å². The summed E-state index contributed by atoms with van der Waals surface area (Å²) < 4.78 is 0.961. The molecule has 15 heavy (non-hydrogen) atoms. The Morgan fingerprint density at radius 3 is 2.73 bits per heavy atom. The summed E-state index contributed by atoms with van der Waals surface area (Å²) in [6, 6.07) is 3.68. The normalized spacial score (nSPS) is 11.5. The van der Waals surface area contributed by atoms with Gasteiger partial charge in [0.1, 0.15) is 0 Å². The van der Waals surface area contributed by atoms with E-state index in [4.69, 9.17) is 11.6 Å². The van der Waals surface area contributed by atoms with Crippen molar-refractivity contribution in [2.45, 2.75) is 25.8 Å². The molecule has 84 valence electrons. The van der Waals surface area contributed by atoms with Gasteiger partial charge in [0.25, 0.3) is 5.91 Å². The third kappa shape index (κ3) is 4.13. The van der Waals surface area contributed by atoms with E-state index in [1.54, 1.807) is 6.07 Å². The number of nitrogens with one attached hydrogen (secondary N) is 1. The van der Waals surface area contributed by atoms with Gasteiger partial charge < -0.3 is 5.32 Å². The quantitative estimate of drug-likeness (QED) is 0.845. The maximum Gasteiger partial charge on any atom is 0.261 e. The van der Waals surface area contributed by atoms with Gasteiger partial charge in [0, 0.05) is 11.4 Å². The SMILES string of the molecule is CC(C)(CCCl)NC(=O)c1ccc(Br)s1. The van der Waals surface area contributed by atoms with Crippen LogP contribution in [0.2, 0.25) is 0 Å². The molecule has 5 heteroatoms. The fourth-order valence-electron chi connectivity index (χ4n) is 1.10. The monoisotopic (exact) mass is 309 g/mol. The van der Waals surface area contributed by atoms with Gasteiger partial charge in [-0.25, -0.2) is 0 Å². The molecule has 1 N–H and O–H groups in total. The zero-order valence-electron chi connectivity index (χ0n) is 8.64. The maximum absolute atomic E-state index is 11.8. The second kappa shape index (κ2) is 5.32. The molecule has 2 nitrogen and oxygen atoms in total. The molecule has 1 rings (SSSR count). The van der Waals surface area contributed by atoms with Gasteiger partial charge in [-0.1, -0.05) is 0 Å². The number of halogens is 2. The Balaban J connectivity index is 2.63. The van der Waals surface area contributed by atoms with E-state index in [0.717, 1.165) is 10.2 Å². The van der Waals surface area contributed by atoms with Crippen molar-refractivity contribution in [3.8, 4) is 0 Å². The first-order valence-electron chi connectivity index (χ1n) is 4.58. The molecule has 0 aliphatic carbocycles. The van der Waals surface area contributed by atoms with Gasteiger partial charge in [-0.15, -0.1) is 22.9 Å². The zero-order chi connectivity index (χ0) is 11.5. The van der Waals surface area contributed by atoms with Crippen molar-refractivity contribution < 1.29 is 4.79 Å². The van der Waals surface area contributed by atoms with Crippen LogP contribution in [0.15, 0.2) is 15.9 Å². The molecule has 1 amide bonds. The van der Waals surface area contributed by atoms with E-state index in [-0.39, 0.29) is 11.4 Å². The second-order valence-corrected chi connectivity index (χ2v) is 6.72. The molecular formula is C10H13BrClNOS. The molecule has 0 unspecified atom stereocenters. The van der Waals surface area contributed by atoms with Crippen molar-refractivity contribution in [2.75, 3.05) is 5.88 Å². The van der Waals surface area contributed by atoms with Crippen LogP contribution in [0.5, 0.6) is 0 Å². The van der Waals surface area contributed by atoms with Gasteiger partial charge in [0.05, 0.1) is 8.66 Å². The van der Waals surface area contributed by atoms with Crippen molar-refractivity contribution >= 4 is 44.8 Å². The second-order valence-electron chi connectivity index (χ2n) is 3.88. The highest BCUT2D eigenvalue weighted by atomic mass is 79.9. The van der Waals surface area contributed by atoms with E-state index >= 15 is 0 Å². The highest BCUT2D eigenvalue weighted by molar-refractivity contribution is 9.11. The van der Waals surface area contributed by atoms with Crippen LogP contribution in [0.3, 0.4) is 0 Å². The van der Waals surface area contributed by atoms with Crippen LogP contribution in [-0.4, -0.2) is 17.3 Å². The first kappa shape index (κ1) is 13.0. The summed E-state index contributed by atoms with van der Waals surface area (Å²) >= 11 is 10.4. The number of thiophene rings is 1. The van der Waals surface area contributed by atoms with Gasteiger partial charge in [-0.3, -0.25) is 4.79 Å². The Morgan fingerprint density at radius 1 is 1.60 bits per heavy atom. The van der Waals surface area contributed by atoms with Gasteiger partial charge in [-0.2, -0.15) is 0 Å². The Kier molecular flexibility index (Phi) is 4.62. The van der Waals surface area contributed by atoms with Crippen LogP contribution in [-0.2, 0) is 0 Å². The highest BCUT2D eigenvalue weighted by Crippen LogP contribution is 2.22. The number of carbonyl (C=O) groups excluding carboxylic acids is 1. The molecule has 0 spiro atoms. The zero-order valence-corrected chi connectivity index (χ0v) is 11.8. The Morgan fingerprint density at radius 2 is 2.27 bits per heavy atom. The fourth-order valence-corrected chi connectivity index (χ4v) is 2.86. The Hall–Kier alpha value is -0.0600. The van der Waals surface area contributed by atoms with Crippen molar-refractivity contribution in [3.05, 3.63) is 20.8 Å². The summed E-state index contributed by atoms with van der Waals surface area (Å²) in [5.74, 6) is 0.502. The van der Waals surface area contributed by atoms with Gasteiger partial charge in [0.15, 0.2) is 0 Å². The van der Waals surface area contributed by atoms with Crippen molar-refractivity contribution in [1.82, 2.24) is 5.32 Å². The smallest absolute Gasteiger partial charge is 0.261 e. The number of carbonyl (C=O) groups is 1. The predicted octanol–water partition coefficient (Wildman–Crippen LogP) is 3.65. The molecule has 0 aromatic carbocycles. The summed E-state index contributed by atoms with van der Waals surface area (Å²) in [5.41, 5.74) is -0.255. The molecule has 0 saturated heterocycles. The van der Waals surface area contributed by atoms with Gasteiger partial charge in [0.2, 0.25) is 0 Å². The predicted molar refractivity (Wildman–Crippen MR) is 68.9 cm³/mol. The van der Waals surface area contributed by atoms with Crippen molar-refractivity contribution in [2.24, 2.45) is 0 Å². The van der Waals surface area contributed by atoms with Gasteiger partial charge in [-0.05, 0) is 48.3 Å². The maximum atomic E-state index is 11.8. The molecule has 0 bridgehead atoms.